The Morgan fingerprint density at radius 2 is 2.06 bits per heavy atom. The molecule has 0 bridgehead atoms. The first-order valence-electron chi connectivity index (χ1n) is 4.42. The molecule has 2 nitrogen and oxygen atoms in total. The van der Waals surface area contributed by atoms with Crippen LogP contribution < -0.4 is 29.6 Å². The molecule has 0 saturated heterocycles. The van der Waals surface area contributed by atoms with Crippen LogP contribution in [0.5, 0.6) is 0 Å². The van der Waals surface area contributed by atoms with E-state index in [1.807, 2.05) is 24.4 Å². The van der Waals surface area contributed by atoms with Gasteiger partial charge in [0.05, 0.1) is 0 Å². The normalized spacial score (nSPS) is 11.9. The zero-order valence-electron chi connectivity index (χ0n) is 9.10. The summed E-state index contributed by atoms with van der Waals surface area (Å²) in [5.74, 6) is 0. The van der Waals surface area contributed by atoms with E-state index in [0.29, 0.717) is 4.90 Å². The fourth-order valence-electron chi connectivity index (χ4n) is 1.41. The van der Waals surface area contributed by atoms with E-state index in [9.17, 15) is 8.76 Å². The summed E-state index contributed by atoms with van der Waals surface area (Å²) in [6.45, 7) is 2.02. The van der Waals surface area contributed by atoms with Crippen LogP contribution in [0.1, 0.15) is 5.56 Å². The molecule has 0 aliphatic rings. The Kier molecular flexibility index (Phi) is 5.37. The number of rotatable bonds is 2. The Balaban J connectivity index is 0.00000128. The first-order chi connectivity index (χ1) is 7.18. The second-order valence-electron chi connectivity index (χ2n) is 3.20. The van der Waals surface area contributed by atoms with Crippen molar-refractivity contribution in [1.29, 1.82) is 0 Å². The van der Waals surface area contributed by atoms with Crippen molar-refractivity contribution in [1.82, 2.24) is 0 Å². The molecular formula is C11H9NaO2S2. The van der Waals surface area contributed by atoms with Gasteiger partial charge in [-0.05, 0) is 52.7 Å². The predicted octanol–water partition coefficient (Wildman–Crippen LogP) is -0.0345. The van der Waals surface area contributed by atoms with Crippen LogP contribution in [0.25, 0.3) is 10.4 Å². The number of hydrogen-bond acceptors (Lipinski definition) is 3. The van der Waals surface area contributed by atoms with Crippen LogP contribution in [0.3, 0.4) is 0 Å². The minimum atomic E-state index is -2.15. The van der Waals surface area contributed by atoms with Gasteiger partial charge in [-0.25, -0.2) is 0 Å². The Morgan fingerprint density at radius 3 is 2.62 bits per heavy atom. The third-order valence-electron chi connectivity index (χ3n) is 2.15. The van der Waals surface area contributed by atoms with Crippen LogP contribution in [-0.4, -0.2) is 8.76 Å². The van der Waals surface area contributed by atoms with Crippen LogP contribution in [0.2, 0.25) is 0 Å². The smallest absolute Gasteiger partial charge is 0.768 e. The molecule has 0 radical (unpaired) electrons. The van der Waals surface area contributed by atoms with Crippen LogP contribution in [0.15, 0.2) is 40.6 Å². The van der Waals surface area contributed by atoms with E-state index in [0.717, 1.165) is 10.4 Å². The molecule has 2 rings (SSSR count). The average molecular weight is 260 g/mol. The molecule has 0 aliphatic carbocycles. The topological polar surface area (TPSA) is 40.1 Å². The maximum Gasteiger partial charge on any atom is 1.00 e. The summed E-state index contributed by atoms with van der Waals surface area (Å²) in [7, 11) is 0. The van der Waals surface area contributed by atoms with E-state index in [4.69, 9.17) is 0 Å². The SMILES string of the molecule is Cc1ccsc1-c1cccc(S(=O)[O-])c1.[Na+]. The summed E-state index contributed by atoms with van der Waals surface area (Å²) in [6, 6.07) is 9.01. The van der Waals surface area contributed by atoms with Crippen molar-refractivity contribution in [2.45, 2.75) is 11.8 Å². The summed E-state index contributed by atoms with van der Waals surface area (Å²) >= 11 is -0.531. The van der Waals surface area contributed by atoms with Crippen LogP contribution in [0.4, 0.5) is 0 Å². The van der Waals surface area contributed by atoms with Crippen molar-refractivity contribution in [2.75, 3.05) is 0 Å². The molecule has 1 atom stereocenters. The van der Waals surface area contributed by atoms with E-state index in [1.54, 1.807) is 29.5 Å². The van der Waals surface area contributed by atoms with Crippen LogP contribution >= 0.6 is 11.3 Å². The fourth-order valence-corrected chi connectivity index (χ4v) is 2.75. The zero-order chi connectivity index (χ0) is 10.8. The first-order valence-corrected chi connectivity index (χ1v) is 6.38. The van der Waals surface area contributed by atoms with E-state index < -0.39 is 11.1 Å². The molecule has 1 unspecified atom stereocenters. The maximum atomic E-state index is 10.8. The van der Waals surface area contributed by atoms with E-state index in [-0.39, 0.29) is 29.6 Å². The Morgan fingerprint density at radius 1 is 1.31 bits per heavy atom. The molecule has 16 heavy (non-hydrogen) atoms. The minimum absolute atomic E-state index is 0. The van der Waals surface area contributed by atoms with Gasteiger partial charge >= 0.3 is 29.6 Å². The van der Waals surface area contributed by atoms with Gasteiger partial charge in [-0.1, -0.05) is 12.1 Å². The quantitative estimate of drug-likeness (QED) is 0.562. The number of hydrogen-bond donors (Lipinski definition) is 0. The van der Waals surface area contributed by atoms with E-state index in [2.05, 4.69) is 0 Å². The van der Waals surface area contributed by atoms with Gasteiger partial charge in [-0.15, -0.1) is 11.3 Å². The molecule has 2 aromatic rings. The van der Waals surface area contributed by atoms with Gasteiger partial charge in [0.1, 0.15) is 0 Å². The Labute approximate surface area is 123 Å². The van der Waals surface area contributed by atoms with E-state index >= 15 is 0 Å². The molecule has 0 spiro atoms. The maximum absolute atomic E-state index is 10.8. The van der Waals surface area contributed by atoms with Crippen LogP contribution in [-0.2, 0) is 11.1 Å². The molecule has 1 aromatic carbocycles. The standard InChI is InChI=1S/C11H10O2S2.Na/c1-8-5-6-14-11(8)9-3-2-4-10(7-9)15(12)13;/h2-7H,1H3,(H,12,13);/q;+1/p-1. The molecule has 1 heterocycles. The van der Waals surface area contributed by atoms with Gasteiger partial charge in [0.25, 0.3) is 0 Å². The molecule has 5 heteroatoms. The first kappa shape index (κ1) is 14.1. The molecule has 0 saturated carbocycles. The monoisotopic (exact) mass is 260 g/mol. The summed E-state index contributed by atoms with van der Waals surface area (Å²) in [5.41, 5.74) is 2.14. The number of benzene rings is 1. The molecule has 0 N–H and O–H groups in total. The summed E-state index contributed by atoms with van der Waals surface area (Å²) in [6.07, 6.45) is 0. The molecule has 0 amide bonds. The van der Waals surface area contributed by atoms with Crippen molar-refractivity contribution in [3.8, 4) is 10.4 Å². The molecule has 78 valence electrons. The van der Waals surface area contributed by atoms with E-state index in [1.165, 1.54) is 5.56 Å². The number of aryl methyl sites for hydroxylation is 1. The van der Waals surface area contributed by atoms with Crippen molar-refractivity contribution < 1.29 is 38.3 Å². The van der Waals surface area contributed by atoms with Crippen LogP contribution in [0, 0.1) is 6.92 Å². The van der Waals surface area contributed by atoms with Gasteiger partial charge in [-0.3, -0.25) is 4.21 Å². The fraction of sp³-hybridized carbons (Fsp3) is 0.0909. The second kappa shape index (κ2) is 6.10. The van der Waals surface area contributed by atoms with Gasteiger partial charge in [0.2, 0.25) is 0 Å². The Hall–Kier alpha value is 0.0300. The molecule has 0 aliphatic heterocycles. The average Bonchev–Trinajstić information content (AvgIpc) is 2.64. The van der Waals surface area contributed by atoms with Crippen molar-refractivity contribution in [3.63, 3.8) is 0 Å². The summed E-state index contributed by atoms with van der Waals surface area (Å²) in [4.78, 5) is 1.46. The van der Waals surface area contributed by atoms with Gasteiger partial charge in [0, 0.05) is 9.77 Å². The number of thiophene rings is 1. The summed E-state index contributed by atoms with van der Waals surface area (Å²) in [5, 5.41) is 2.01. The second-order valence-corrected chi connectivity index (χ2v) is 5.05. The minimum Gasteiger partial charge on any atom is -0.768 e. The molecule has 0 fully saturated rings. The van der Waals surface area contributed by atoms with Gasteiger partial charge in [0.15, 0.2) is 0 Å². The van der Waals surface area contributed by atoms with Crippen molar-refractivity contribution in [3.05, 3.63) is 41.3 Å². The third kappa shape index (κ3) is 3.03. The largest absolute Gasteiger partial charge is 1.00 e. The predicted molar refractivity (Wildman–Crippen MR) is 61.7 cm³/mol. The summed E-state index contributed by atoms with van der Waals surface area (Å²) < 4.78 is 21.6. The third-order valence-corrected chi connectivity index (χ3v) is 3.86. The van der Waals surface area contributed by atoms with Gasteiger partial charge in [-0.2, -0.15) is 0 Å². The van der Waals surface area contributed by atoms with Crippen molar-refractivity contribution in [2.24, 2.45) is 0 Å². The van der Waals surface area contributed by atoms with Gasteiger partial charge < -0.3 is 4.55 Å². The molecular weight excluding hydrogens is 251 g/mol. The van der Waals surface area contributed by atoms with Crippen molar-refractivity contribution >= 4 is 22.4 Å². The zero-order valence-corrected chi connectivity index (χ0v) is 12.7. The molecule has 1 aromatic heterocycles. The Bertz CT molecular complexity index is 508.